The minimum atomic E-state index is 0.502. The third-order valence-electron chi connectivity index (χ3n) is 2.33. The van der Waals surface area contributed by atoms with Crippen molar-refractivity contribution < 1.29 is 0 Å². The summed E-state index contributed by atoms with van der Waals surface area (Å²) in [6.45, 7) is 7.68. The van der Waals surface area contributed by atoms with E-state index in [0.717, 1.165) is 25.5 Å². The first kappa shape index (κ1) is 12.1. The molecule has 86 valence electrons. The molecule has 2 N–H and O–H groups in total. The van der Waals surface area contributed by atoms with Crippen LogP contribution in [0.15, 0.2) is 0 Å². The molecule has 6 nitrogen and oxygen atoms in total. The molecule has 1 atom stereocenters. The Morgan fingerprint density at radius 1 is 1.53 bits per heavy atom. The van der Waals surface area contributed by atoms with Crippen LogP contribution in [0.5, 0.6) is 0 Å². The van der Waals surface area contributed by atoms with Gasteiger partial charge in [0.1, 0.15) is 0 Å². The fraction of sp³-hybridized carbons (Fsp3) is 0.889. The Kier molecular flexibility index (Phi) is 4.64. The molecular weight excluding hydrogens is 192 g/mol. The van der Waals surface area contributed by atoms with Crippen molar-refractivity contribution in [3.63, 3.8) is 0 Å². The Balaban J connectivity index is 2.46. The smallest absolute Gasteiger partial charge is 0.188 e. The second-order valence-corrected chi connectivity index (χ2v) is 3.86. The van der Waals surface area contributed by atoms with Crippen LogP contribution in [0, 0.1) is 5.92 Å². The van der Waals surface area contributed by atoms with E-state index in [1.54, 1.807) is 7.05 Å². The number of hydrogen-bond acceptors (Lipinski definition) is 5. The molecule has 0 saturated carbocycles. The van der Waals surface area contributed by atoms with Crippen molar-refractivity contribution in [2.75, 3.05) is 19.6 Å². The number of rotatable bonds is 6. The molecule has 0 aromatic carbocycles. The topological polar surface area (TPSA) is 72.9 Å². The standard InChI is InChI=1S/C9H20N6/c1-4-15(6-8(2)5-10)7-9-11-13-14(3)12-9/h8H,4-7,10H2,1-3H3. The van der Waals surface area contributed by atoms with Crippen molar-refractivity contribution >= 4 is 0 Å². The molecule has 0 amide bonds. The number of nitrogens with zero attached hydrogens (tertiary/aromatic N) is 5. The van der Waals surface area contributed by atoms with Gasteiger partial charge in [-0.1, -0.05) is 13.8 Å². The van der Waals surface area contributed by atoms with Gasteiger partial charge in [0, 0.05) is 6.54 Å². The molecule has 0 aliphatic carbocycles. The molecule has 1 unspecified atom stereocenters. The van der Waals surface area contributed by atoms with Gasteiger partial charge in [-0.15, -0.1) is 10.2 Å². The predicted molar refractivity (Wildman–Crippen MR) is 58.0 cm³/mol. The zero-order chi connectivity index (χ0) is 11.3. The van der Waals surface area contributed by atoms with Crippen LogP contribution in [-0.4, -0.2) is 44.7 Å². The van der Waals surface area contributed by atoms with E-state index in [1.165, 1.54) is 4.80 Å². The lowest BCUT2D eigenvalue weighted by Crippen LogP contribution is -2.31. The number of tetrazole rings is 1. The van der Waals surface area contributed by atoms with Crippen molar-refractivity contribution in [3.8, 4) is 0 Å². The second-order valence-electron chi connectivity index (χ2n) is 3.86. The second kappa shape index (κ2) is 5.77. The third-order valence-corrected chi connectivity index (χ3v) is 2.33. The lowest BCUT2D eigenvalue weighted by atomic mass is 10.1. The first-order chi connectivity index (χ1) is 7.15. The van der Waals surface area contributed by atoms with Crippen LogP contribution in [0.25, 0.3) is 0 Å². The minimum Gasteiger partial charge on any atom is -0.330 e. The number of hydrogen-bond donors (Lipinski definition) is 1. The van der Waals surface area contributed by atoms with Gasteiger partial charge in [-0.25, -0.2) is 0 Å². The first-order valence-electron chi connectivity index (χ1n) is 5.31. The Labute approximate surface area is 90.4 Å². The fourth-order valence-electron chi connectivity index (χ4n) is 1.41. The van der Waals surface area contributed by atoms with Crippen molar-refractivity contribution in [3.05, 3.63) is 5.82 Å². The van der Waals surface area contributed by atoms with Gasteiger partial charge >= 0.3 is 0 Å². The maximum atomic E-state index is 5.60. The SMILES string of the molecule is CCN(Cc1nnn(C)n1)CC(C)CN. The predicted octanol–water partition coefficient (Wildman–Crippen LogP) is -0.373. The van der Waals surface area contributed by atoms with Crippen LogP contribution in [0.2, 0.25) is 0 Å². The molecule has 6 heteroatoms. The van der Waals surface area contributed by atoms with Crippen LogP contribution in [0.3, 0.4) is 0 Å². The Bertz CT molecular complexity index is 284. The van der Waals surface area contributed by atoms with Gasteiger partial charge in [0.2, 0.25) is 0 Å². The molecule has 0 aliphatic heterocycles. The molecule has 1 aromatic rings. The fourth-order valence-corrected chi connectivity index (χ4v) is 1.41. The van der Waals surface area contributed by atoms with Gasteiger partial charge in [-0.3, -0.25) is 4.90 Å². The molecule has 1 rings (SSSR count). The zero-order valence-electron chi connectivity index (χ0n) is 9.72. The van der Waals surface area contributed by atoms with E-state index in [2.05, 4.69) is 34.2 Å². The van der Waals surface area contributed by atoms with Crippen molar-refractivity contribution in [1.82, 2.24) is 25.1 Å². The summed E-state index contributed by atoms with van der Waals surface area (Å²) >= 11 is 0. The van der Waals surface area contributed by atoms with E-state index in [4.69, 9.17) is 5.73 Å². The highest BCUT2D eigenvalue weighted by molar-refractivity contribution is 4.77. The lowest BCUT2D eigenvalue weighted by Gasteiger charge is -2.21. The average molecular weight is 212 g/mol. The molecule has 15 heavy (non-hydrogen) atoms. The van der Waals surface area contributed by atoms with Crippen molar-refractivity contribution in [2.24, 2.45) is 18.7 Å². The Morgan fingerprint density at radius 3 is 2.73 bits per heavy atom. The van der Waals surface area contributed by atoms with Crippen molar-refractivity contribution in [1.29, 1.82) is 0 Å². The Morgan fingerprint density at radius 2 is 2.27 bits per heavy atom. The van der Waals surface area contributed by atoms with E-state index in [9.17, 15) is 0 Å². The molecule has 0 aliphatic rings. The number of aryl methyl sites for hydroxylation is 1. The molecule has 1 aromatic heterocycles. The number of nitrogens with two attached hydrogens (primary N) is 1. The van der Waals surface area contributed by atoms with Gasteiger partial charge in [-0.2, -0.15) is 4.80 Å². The summed E-state index contributed by atoms with van der Waals surface area (Å²) in [6.07, 6.45) is 0. The summed E-state index contributed by atoms with van der Waals surface area (Å²) in [5.74, 6) is 1.27. The lowest BCUT2D eigenvalue weighted by molar-refractivity contribution is 0.237. The van der Waals surface area contributed by atoms with E-state index in [0.29, 0.717) is 12.5 Å². The average Bonchev–Trinajstić information content (AvgIpc) is 2.62. The summed E-state index contributed by atoms with van der Waals surface area (Å²) in [6, 6.07) is 0. The normalized spacial score (nSPS) is 13.4. The highest BCUT2D eigenvalue weighted by atomic mass is 15.6. The van der Waals surface area contributed by atoms with E-state index in [1.807, 2.05) is 0 Å². The molecule has 0 radical (unpaired) electrons. The van der Waals surface area contributed by atoms with E-state index >= 15 is 0 Å². The van der Waals surface area contributed by atoms with Crippen LogP contribution >= 0.6 is 0 Å². The highest BCUT2D eigenvalue weighted by Gasteiger charge is 2.10. The first-order valence-corrected chi connectivity index (χ1v) is 5.31. The van der Waals surface area contributed by atoms with Gasteiger partial charge in [0.05, 0.1) is 13.6 Å². The molecule has 0 bridgehead atoms. The number of aromatic nitrogens is 4. The van der Waals surface area contributed by atoms with E-state index in [-0.39, 0.29) is 0 Å². The minimum absolute atomic E-state index is 0.502. The van der Waals surface area contributed by atoms with Gasteiger partial charge in [0.15, 0.2) is 5.82 Å². The molecule has 0 fully saturated rings. The quantitative estimate of drug-likeness (QED) is 0.696. The van der Waals surface area contributed by atoms with Crippen molar-refractivity contribution in [2.45, 2.75) is 20.4 Å². The van der Waals surface area contributed by atoms with Crippen LogP contribution < -0.4 is 5.73 Å². The maximum absolute atomic E-state index is 5.60. The maximum Gasteiger partial charge on any atom is 0.188 e. The monoisotopic (exact) mass is 212 g/mol. The Hall–Kier alpha value is -1.01. The summed E-state index contributed by atoms with van der Waals surface area (Å²) in [5, 5.41) is 11.9. The van der Waals surface area contributed by atoms with Gasteiger partial charge in [-0.05, 0) is 24.2 Å². The summed E-state index contributed by atoms with van der Waals surface area (Å²) in [5.41, 5.74) is 5.60. The summed E-state index contributed by atoms with van der Waals surface area (Å²) < 4.78 is 0. The zero-order valence-corrected chi connectivity index (χ0v) is 9.72. The highest BCUT2D eigenvalue weighted by Crippen LogP contribution is 2.01. The molecule has 0 saturated heterocycles. The van der Waals surface area contributed by atoms with Crippen LogP contribution in [0.4, 0.5) is 0 Å². The van der Waals surface area contributed by atoms with Crippen LogP contribution in [0.1, 0.15) is 19.7 Å². The molecular formula is C9H20N6. The van der Waals surface area contributed by atoms with Crippen LogP contribution in [-0.2, 0) is 13.6 Å². The van der Waals surface area contributed by atoms with E-state index < -0.39 is 0 Å². The summed E-state index contributed by atoms with van der Waals surface area (Å²) in [7, 11) is 1.77. The van der Waals surface area contributed by atoms with Gasteiger partial charge in [0.25, 0.3) is 0 Å². The summed E-state index contributed by atoms with van der Waals surface area (Å²) in [4.78, 5) is 3.75. The van der Waals surface area contributed by atoms with Gasteiger partial charge < -0.3 is 5.73 Å². The largest absolute Gasteiger partial charge is 0.330 e. The molecule has 0 spiro atoms. The third kappa shape index (κ3) is 3.93. The molecule has 1 heterocycles.